The Kier molecular flexibility index (Phi) is 7.11. The molecule has 0 aliphatic heterocycles. The lowest BCUT2D eigenvalue weighted by atomic mass is 10.1. The number of rotatable bonds is 9. The Labute approximate surface area is 103 Å². The minimum absolute atomic E-state index is 0.0495. The largest absolute Gasteiger partial charge is 0.331 e. The fraction of sp³-hybridized carbons (Fsp3) is 0.692. The summed E-state index contributed by atoms with van der Waals surface area (Å²) in [6, 6.07) is 0. The van der Waals surface area contributed by atoms with E-state index in [1.165, 1.54) is 32.1 Å². The molecule has 0 saturated carbocycles. The van der Waals surface area contributed by atoms with Crippen LogP contribution in [0.2, 0.25) is 0 Å². The number of hydrogen-bond acceptors (Lipinski definition) is 2. The fourth-order valence-corrected chi connectivity index (χ4v) is 1.77. The standard InChI is InChI=1S/C13H23N3O/c1-2-3-4-5-6-7-8-9-12(17)16-13-14-10-11-15-13/h10-11H,2-9H2,1H3,(H2,14,15,16,17). The highest BCUT2D eigenvalue weighted by molar-refractivity contribution is 5.88. The van der Waals surface area contributed by atoms with Crippen LogP contribution in [0.1, 0.15) is 58.3 Å². The normalized spacial score (nSPS) is 10.4. The van der Waals surface area contributed by atoms with Crippen molar-refractivity contribution in [2.24, 2.45) is 0 Å². The van der Waals surface area contributed by atoms with Gasteiger partial charge in [-0.15, -0.1) is 0 Å². The summed E-state index contributed by atoms with van der Waals surface area (Å²) >= 11 is 0. The molecule has 0 aliphatic carbocycles. The van der Waals surface area contributed by atoms with Gasteiger partial charge in [0, 0.05) is 18.8 Å². The number of hydrogen-bond donors (Lipinski definition) is 2. The van der Waals surface area contributed by atoms with Crippen molar-refractivity contribution in [1.82, 2.24) is 9.97 Å². The predicted molar refractivity (Wildman–Crippen MR) is 69.8 cm³/mol. The van der Waals surface area contributed by atoms with E-state index in [1.54, 1.807) is 12.4 Å². The van der Waals surface area contributed by atoms with E-state index in [2.05, 4.69) is 22.2 Å². The van der Waals surface area contributed by atoms with Gasteiger partial charge < -0.3 is 4.98 Å². The first kappa shape index (κ1) is 13.7. The Morgan fingerprint density at radius 1 is 1.24 bits per heavy atom. The van der Waals surface area contributed by atoms with E-state index in [4.69, 9.17) is 0 Å². The van der Waals surface area contributed by atoms with E-state index in [9.17, 15) is 4.79 Å². The molecule has 1 aromatic rings. The first-order valence-electron chi connectivity index (χ1n) is 6.62. The SMILES string of the molecule is CCCCCCCCCC(=O)Nc1ncc[nH]1. The topological polar surface area (TPSA) is 57.8 Å². The van der Waals surface area contributed by atoms with Crippen LogP contribution in [0.3, 0.4) is 0 Å². The van der Waals surface area contributed by atoms with Gasteiger partial charge in [0.2, 0.25) is 11.9 Å². The summed E-state index contributed by atoms with van der Waals surface area (Å²) in [5.74, 6) is 0.589. The van der Waals surface area contributed by atoms with Crippen LogP contribution >= 0.6 is 0 Å². The summed E-state index contributed by atoms with van der Waals surface area (Å²) in [6.07, 6.45) is 12.5. The lowest BCUT2D eigenvalue weighted by molar-refractivity contribution is -0.116. The molecule has 0 unspecified atom stereocenters. The molecule has 0 saturated heterocycles. The second kappa shape index (κ2) is 8.79. The molecule has 1 rings (SSSR count). The van der Waals surface area contributed by atoms with Gasteiger partial charge in [0.1, 0.15) is 0 Å². The number of imidazole rings is 1. The Morgan fingerprint density at radius 3 is 2.59 bits per heavy atom. The fourth-order valence-electron chi connectivity index (χ4n) is 1.77. The van der Waals surface area contributed by atoms with Crippen LogP contribution in [0.15, 0.2) is 12.4 Å². The number of carbonyl (C=O) groups is 1. The van der Waals surface area contributed by atoms with Gasteiger partial charge in [-0.3, -0.25) is 10.1 Å². The third-order valence-corrected chi connectivity index (χ3v) is 2.76. The molecule has 96 valence electrons. The van der Waals surface area contributed by atoms with Crippen LogP contribution in [0.4, 0.5) is 5.95 Å². The quantitative estimate of drug-likeness (QED) is 0.646. The van der Waals surface area contributed by atoms with E-state index in [1.807, 2.05) is 0 Å². The van der Waals surface area contributed by atoms with Gasteiger partial charge in [-0.2, -0.15) is 0 Å². The zero-order valence-electron chi connectivity index (χ0n) is 10.7. The molecule has 17 heavy (non-hydrogen) atoms. The molecule has 0 spiro atoms. The molecule has 0 aromatic carbocycles. The maximum atomic E-state index is 11.5. The van der Waals surface area contributed by atoms with Crippen molar-refractivity contribution in [1.29, 1.82) is 0 Å². The Bertz CT molecular complexity index is 296. The van der Waals surface area contributed by atoms with Crippen molar-refractivity contribution in [3.8, 4) is 0 Å². The number of nitrogens with zero attached hydrogens (tertiary/aromatic N) is 1. The Hall–Kier alpha value is -1.32. The summed E-state index contributed by atoms with van der Waals surface area (Å²) in [5.41, 5.74) is 0. The Morgan fingerprint density at radius 2 is 1.94 bits per heavy atom. The summed E-state index contributed by atoms with van der Waals surface area (Å²) in [7, 11) is 0. The van der Waals surface area contributed by atoms with Crippen molar-refractivity contribution in [2.75, 3.05) is 5.32 Å². The van der Waals surface area contributed by atoms with Crippen LogP contribution in [-0.2, 0) is 4.79 Å². The summed E-state index contributed by atoms with van der Waals surface area (Å²) in [4.78, 5) is 18.3. The molecule has 0 aliphatic rings. The van der Waals surface area contributed by atoms with Crippen LogP contribution < -0.4 is 5.32 Å². The number of nitrogens with one attached hydrogen (secondary N) is 2. The van der Waals surface area contributed by atoms with Gasteiger partial charge in [0.05, 0.1) is 0 Å². The molecule has 2 N–H and O–H groups in total. The number of aromatic amines is 1. The number of unbranched alkanes of at least 4 members (excludes halogenated alkanes) is 6. The third kappa shape index (κ3) is 6.76. The predicted octanol–water partition coefficient (Wildman–Crippen LogP) is 3.49. The molecular weight excluding hydrogens is 214 g/mol. The van der Waals surface area contributed by atoms with E-state index < -0.39 is 0 Å². The highest BCUT2D eigenvalue weighted by Crippen LogP contribution is 2.08. The van der Waals surface area contributed by atoms with Gasteiger partial charge in [-0.25, -0.2) is 4.98 Å². The monoisotopic (exact) mass is 237 g/mol. The maximum Gasteiger partial charge on any atom is 0.226 e. The van der Waals surface area contributed by atoms with Crippen LogP contribution in [0, 0.1) is 0 Å². The summed E-state index contributed by atoms with van der Waals surface area (Å²) in [5, 5.41) is 2.73. The number of H-pyrrole nitrogens is 1. The first-order valence-corrected chi connectivity index (χ1v) is 6.62. The maximum absolute atomic E-state index is 11.5. The average Bonchev–Trinajstić information content (AvgIpc) is 2.80. The van der Waals surface area contributed by atoms with Gasteiger partial charge in [0.25, 0.3) is 0 Å². The van der Waals surface area contributed by atoms with Crippen molar-refractivity contribution in [3.63, 3.8) is 0 Å². The highest BCUT2D eigenvalue weighted by atomic mass is 16.1. The molecule has 0 atom stereocenters. The van der Waals surface area contributed by atoms with Gasteiger partial charge in [-0.05, 0) is 6.42 Å². The van der Waals surface area contributed by atoms with E-state index in [0.717, 1.165) is 12.8 Å². The van der Waals surface area contributed by atoms with Crippen LogP contribution in [0.25, 0.3) is 0 Å². The number of carbonyl (C=O) groups excluding carboxylic acids is 1. The van der Waals surface area contributed by atoms with E-state index >= 15 is 0 Å². The first-order chi connectivity index (χ1) is 8.33. The molecule has 0 bridgehead atoms. The molecule has 1 heterocycles. The van der Waals surface area contributed by atoms with Crippen molar-refractivity contribution in [2.45, 2.75) is 58.3 Å². The molecule has 4 nitrogen and oxygen atoms in total. The highest BCUT2D eigenvalue weighted by Gasteiger charge is 2.02. The van der Waals surface area contributed by atoms with Gasteiger partial charge >= 0.3 is 0 Å². The lowest BCUT2D eigenvalue weighted by Gasteiger charge is -2.02. The minimum atomic E-state index is 0.0495. The molecule has 0 radical (unpaired) electrons. The molecular formula is C13H23N3O. The number of amides is 1. The molecule has 1 amide bonds. The van der Waals surface area contributed by atoms with Crippen LogP contribution in [-0.4, -0.2) is 15.9 Å². The van der Waals surface area contributed by atoms with Gasteiger partial charge in [-0.1, -0.05) is 45.4 Å². The zero-order valence-corrected chi connectivity index (χ0v) is 10.7. The molecule has 1 aromatic heterocycles. The zero-order chi connectivity index (χ0) is 12.3. The second-order valence-corrected chi connectivity index (χ2v) is 4.36. The smallest absolute Gasteiger partial charge is 0.226 e. The number of aromatic nitrogens is 2. The third-order valence-electron chi connectivity index (χ3n) is 2.76. The average molecular weight is 237 g/mol. The van der Waals surface area contributed by atoms with Crippen molar-refractivity contribution >= 4 is 11.9 Å². The van der Waals surface area contributed by atoms with Gasteiger partial charge in [0.15, 0.2) is 0 Å². The minimum Gasteiger partial charge on any atom is -0.331 e. The summed E-state index contributed by atoms with van der Waals surface area (Å²) < 4.78 is 0. The second-order valence-electron chi connectivity index (χ2n) is 4.36. The van der Waals surface area contributed by atoms with Crippen molar-refractivity contribution < 1.29 is 4.79 Å². The molecule has 0 fully saturated rings. The lowest BCUT2D eigenvalue weighted by Crippen LogP contribution is -2.12. The Balaban J connectivity index is 1.94. The van der Waals surface area contributed by atoms with E-state index in [-0.39, 0.29) is 5.91 Å². The summed E-state index contributed by atoms with van der Waals surface area (Å²) in [6.45, 7) is 2.22. The van der Waals surface area contributed by atoms with Crippen LogP contribution in [0.5, 0.6) is 0 Å². The molecule has 4 heteroatoms. The van der Waals surface area contributed by atoms with Crippen molar-refractivity contribution in [3.05, 3.63) is 12.4 Å². The number of anilines is 1. The van der Waals surface area contributed by atoms with E-state index in [0.29, 0.717) is 12.4 Å².